The van der Waals surface area contributed by atoms with Crippen LogP contribution in [0.2, 0.25) is 0 Å². The molecule has 0 bridgehead atoms. The molecule has 3 rings (SSSR count). The van der Waals surface area contributed by atoms with Crippen molar-refractivity contribution in [2.75, 3.05) is 19.7 Å². The summed E-state index contributed by atoms with van der Waals surface area (Å²) in [6, 6.07) is 3.27. The number of piperidine rings is 1. The number of aromatic nitrogens is 1. The Morgan fingerprint density at radius 2 is 1.89 bits per heavy atom. The molecule has 2 aliphatic rings. The largest absolute Gasteiger partial charge is 0.455 e. The Morgan fingerprint density at radius 3 is 2.52 bits per heavy atom. The summed E-state index contributed by atoms with van der Waals surface area (Å²) < 4.78 is 31.6. The van der Waals surface area contributed by atoms with E-state index >= 15 is 0 Å². The molecule has 9 heteroatoms. The van der Waals surface area contributed by atoms with Gasteiger partial charge in [0, 0.05) is 31.5 Å². The summed E-state index contributed by atoms with van der Waals surface area (Å²) in [6.45, 7) is 0.208. The minimum atomic E-state index is -3.60. The zero-order chi connectivity index (χ0) is 19.3. The van der Waals surface area contributed by atoms with Crippen LogP contribution in [0.15, 0.2) is 29.4 Å². The number of nitrogens with one attached hydrogen (secondary N) is 1. The van der Waals surface area contributed by atoms with E-state index in [-0.39, 0.29) is 42.5 Å². The Hall–Kier alpha value is -2.00. The van der Waals surface area contributed by atoms with Crippen LogP contribution in [0.3, 0.4) is 0 Å². The van der Waals surface area contributed by atoms with E-state index < -0.39 is 16.0 Å². The standard InChI is InChI=1S/C18H25N3O5S/c22-17(20-15-4-1-2-5-15)13-26-18(23)14-7-10-21(11-8-14)27(24,25)16-6-3-9-19-12-16/h3,6,9,12,14-15H,1-2,4-5,7-8,10-11,13H2,(H,20,22). The lowest BCUT2D eigenvalue weighted by atomic mass is 9.98. The van der Waals surface area contributed by atoms with E-state index in [0.29, 0.717) is 12.8 Å². The number of hydrogen-bond acceptors (Lipinski definition) is 6. The fourth-order valence-corrected chi connectivity index (χ4v) is 5.01. The number of carbonyl (C=O) groups is 2. The maximum atomic E-state index is 12.6. The highest BCUT2D eigenvalue weighted by atomic mass is 32.2. The molecule has 0 aromatic carbocycles. The molecule has 0 spiro atoms. The van der Waals surface area contributed by atoms with Crippen molar-refractivity contribution in [2.24, 2.45) is 5.92 Å². The van der Waals surface area contributed by atoms with Crippen LogP contribution in [-0.2, 0) is 24.3 Å². The van der Waals surface area contributed by atoms with Gasteiger partial charge in [-0.2, -0.15) is 4.31 Å². The van der Waals surface area contributed by atoms with Gasteiger partial charge in [-0.25, -0.2) is 8.42 Å². The average molecular weight is 395 g/mol. The first-order valence-corrected chi connectivity index (χ1v) is 10.8. The van der Waals surface area contributed by atoms with E-state index in [9.17, 15) is 18.0 Å². The molecular formula is C18H25N3O5S. The van der Waals surface area contributed by atoms with Gasteiger partial charge in [0.1, 0.15) is 4.90 Å². The third-order valence-corrected chi connectivity index (χ3v) is 7.01. The molecule has 148 valence electrons. The van der Waals surface area contributed by atoms with Crippen molar-refractivity contribution in [2.45, 2.75) is 49.5 Å². The Balaban J connectivity index is 1.44. The lowest BCUT2D eigenvalue weighted by molar-refractivity contribution is -0.153. The lowest BCUT2D eigenvalue weighted by Crippen LogP contribution is -2.41. The van der Waals surface area contributed by atoms with Crippen LogP contribution in [-0.4, -0.2) is 55.3 Å². The molecular weight excluding hydrogens is 370 g/mol. The molecule has 0 unspecified atom stereocenters. The number of nitrogens with zero attached hydrogens (tertiary/aromatic N) is 2. The monoisotopic (exact) mass is 395 g/mol. The highest BCUT2D eigenvalue weighted by Gasteiger charge is 2.33. The summed E-state index contributed by atoms with van der Waals surface area (Å²) in [6.07, 6.45) is 7.78. The third kappa shape index (κ3) is 5.04. The summed E-state index contributed by atoms with van der Waals surface area (Å²) in [5.74, 6) is -1.09. The summed E-state index contributed by atoms with van der Waals surface area (Å²) in [5, 5.41) is 2.87. The quantitative estimate of drug-likeness (QED) is 0.723. The number of carbonyl (C=O) groups excluding carboxylic acids is 2. The molecule has 1 aromatic heterocycles. The van der Waals surface area contributed by atoms with Gasteiger partial charge in [-0.05, 0) is 37.8 Å². The fourth-order valence-electron chi connectivity index (χ4n) is 3.57. The number of sulfonamides is 1. The minimum absolute atomic E-state index is 0.148. The van der Waals surface area contributed by atoms with Crippen molar-refractivity contribution < 1.29 is 22.7 Å². The van der Waals surface area contributed by atoms with Crippen LogP contribution in [0.25, 0.3) is 0 Å². The van der Waals surface area contributed by atoms with Crippen LogP contribution in [0.1, 0.15) is 38.5 Å². The summed E-state index contributed by atoms with van der Waals surface area (Å²) in [7, 11) is -3.60. The molecule has 1 saturated heterocycles. The first-order chi connectivity index (χ1) is 13.0. The molecule has 8 nitrogen and oxygen atoms in total. The second kappa shape index (κ2) is 8.79. The van der Waals surface area contributed by atoms with E-state index in [4.69, 9.17) is 4.74 Å². The van der Waals surface area contributed by atoms with Crippen LogP contribution < -0.4 is 5.32 Å². The molecule has 1 aromatic rings. The van der Waals surface area contributed by atoms with Crippen LogP contribution >= 0.6 is 0 Å². The summed E-state index contributed by atoms with van der Waals surface area (Å²) in [5.41, 5.74) is 0. The number of ether oxygens (including phenoxy) is 1. The Bertz CT molecular complexity index is 754. The molecule has 1 amide bonds. The summed E-state index contributed by atoms with van der Waals surface area (Å²) >= 11 is 0. The number of hydrogen-bond donors (Lipinski definition) is 1. The van der Waals surface area contributed by atoms with Crippen LogP contribution in [0.4, 0.5) is 0 Å². The van der Waals surface area contributed by atoms with Crippen molar-refractivity contribution in [3.8, 4) is 0 Å². The van der Waals surface area contributed by atoms with Gasteiger partial charge in [-0.15, -0.1) is 0 Å². The van der Waals surface area contributed by atoms with E-state index in [2.05, 4.69) is 10.3 Å². The Morgan fingerprint density at radius 1 is 1.19 bits per heavy atom. The molecule has 2 heterocycles. The molecule has 0 radical (unpaired) electrons. The fraction of sp³-hybridized carbons (Fsp3) is 0.611. The molecule has 1 N–H and O–H groups in total. The van der Waals surface area contributed by atoms with Crippen LogP contribution in [0, 0.1) is 5.92 Å². The molecule has 1 aliphatic carbocycles. The second-order valence-corrected chi connectivity index (χ2v) is 8.96. The topological polar surface area (TPSA) is 106 Å². The van der Waals surface area contributed by atoms with Crippen molar-refractivity contribution in [3.05, 3.63) is 24.5 Å². The van der Waals surface area contributed by atoms with Gasteiger partial charge in [0.25, 0.3) is 5.91 Å². The number of amides is 1. The zero-order valence-corrected chi connectivity index (χ0v) is 16.0. The zero-order valence-electron chi connectivity index (χ0n) is 15.2. The van der Waals surface area contributed by atoms with Crippen molar-refractivity contribution >= 4 is 21.9 Å². The van der Waals surface area contributed by atoms with Gasteiger partial charge in [0.2, 0.25) is 10.0 Å². The first kappa shape index (κ1) is 19.8. The van der Waals surface area contributed by atoms with Gasteiger partial charge in [0.05, 0.1) is 5.92 Å². The maximum Gasteiger partial charge on any atom is 0.309 e. The Labute approximate surface area is 159 Å². The van der Waals surface area contributed by atoms with Gasteiger partial charge in [0.15, 0.2) is 6.61 Å². The molecule has 1 saturated carbocycles. The minimum Gasteiger partial charge on any atom is -0.455 e. The van der Waals surface area contributed by atoms with Gasteiger partial charge >= 0.3 is 5.97 Å². The predicted molar refractivity (Wildman–Crippen MR) is 97.1 cm³/mol. The predicted octanol–water partition coefficient (Wildman–Crippen LogP) is 1.08. The van der Waals surface area contributed by atoms with Crippen molar-refractivity contribution in [3.63, 3.8) is 0 Å². The normalized spacial score (nSPS) is 19.7. The lowest BCUT2D eigenvalue weighted by Gasteiger charge is -2.30. The first-order valence-electron chi connectivity index (χ1n) is 9.33. The summed E-state index contributed by atoms with van der Waals surface area (Å²) in [4.78, 5) is 28.0. The average Bonchev–Trinajstić information content (AvgIpc) is 3.20. The molecule has 27 heavy (non-hydrogen) atoms. The van der Waals surface area contributed by atoms with E-state index in [1.165, 1.54) is 22.8 Å². The second-order valence-electron chi connectivity index (χ2n) is 7.02. The van der Waals surface area contributed by atoms with Crippen molar-refractivity contribution in [1.29, 1.82) is 0 Å². The van der Waals surface area contributed by atoms with E-state index in [1.807, 2.05) is 0 Å². The van der Waals surface area contributed by atoms with Crippen LogP contribution in [0.5, 0.6) is 0 Å². The SMILES string of the molecule is O=C(COC(=O)C1CCN(S(=O)(=O)c2cccnc2)CC1)NC1CCCC1. The number of esters is 1. The Kier molecular flexibility index (Phi) is 6.43. The molecule has 2 fully saturated rings. The van der Waals surface area contributed by atoms with E-state index in [1.54, 1.807) is 6.07 Å². The number of rotatable bonds is 6. The van der Waals surface area contributed by atoms with Crippen molar-refractivity contribution in [1.82, 2.24) is 14.6 Å². The third-order valence-electron chi connectivity index (χ3n) is 5.13. The van der Waals surface area contributed by atoms with Gasteiger partial charge < -0.3 is 10.1 Å². The number of pyridine rings is 1. The van der Waals surface area contributed by atoms with Gasteiger partial charge in [-0.3, -0.25) is 14.6 Å². The smallest absolute Gasteiger partial charge is 0.309 e. The van der Waals surface area contributed by atoms with E-state index in [0.717, 1.165) is 25.7 Å². The molecule has 0 atom stereocenters. The highest BCUT2D eigenvalue weighted by molar-refractivity contribution is 7.89. The highest BCUT2D eigenvalue weighted by Crippen LogP contribution is 2.24. The maximum absolute atomic E-state index is 12.6. The molecule has 1 aliphatic heterocycles. The van der Waals surface area contributed by atoms with Gasteiger partial charge in [-0.1, -0.05) is 12.8 Å².